The fourth-order valence-electron chi connectivity index (χ4n) is 3.07. The second-order valence-corrected chi connectivity index (χ2v) is 8.28. The summed E-state index contributed by atoms with van der Waals surface area (Å²) in [7, 11) is 0. The molecule has 0 atom stereocenters. The number of carboxylic acids is 1. The molecule has 0 unspecified atom stereocenters. The third-order valence-corrected chi connectivity index (χ3v) is 6.07. The highest BCUT2D eigenvalue weighted by molar-refractivity contribution is 7.13. The van der Waals surface area contributed by atoms with Crippen LogP contribution < -0.4 is 0 Å². The van der Waals surface area contributed by atoms with Crippen molar-refractivity contribution in [3.63, 3.8) is 0 Å². The van der Waals surface area contributed by atoms with Gasteiger partial charge in [0.15, 0.2) is 5.69 Å². The van der Waals surface area contributed by atoms with Gasteiger partial charge >= 0.3 is 5.97 Å². The Bertz CT molecular complexity index is 1310. The minimum Gasteiger partial charge on any atom is -0.476 e. The predicted molar refractivity (Wildman–Crippen MR) is 122 cm³/mol. The lowest BCUT2D eigenvalue weighted by Gasteiger charge is -2.10. The molecule has 0 aliphatic heterocycles. The van der Waals surface area contributed by atoms with Crippen molar-refractivity contribution in [2.45, 2.75) is 6.92 Å². The zero-order valence-electron chi connectivity index (χ0n) is 15.7. The van der Waals surface area contributed by atoms with Crippen molar-refractivity contribution in [3.05, 3.63) is 80.8 Å². The van der Waals surface area contributed by atoms with Gasteiger partial charge in [-0.3, -0.25) is 0 Å². The molecule has 0 amide bonds. The van der Waals surface area contributed by atoms with Crippen LogP contribution >= 0.6 is 34.5 Å². The summed E-state index contributed by atoms with van der Waals surface area (Å²) < 4.78 is 1.50. The molecule has 2 aliphatic rings. The number of aromatic nitrogens is 2. The number of terminal acetylenes is 1. The van der Waals surface area contributed by atoms with Gasteiger partial charge in [-0.2, -0.15) is 5.10 Å². The first kappa shape index (κ1) is 20.2. The summed E-state index contributed by atoms with van der Waals surface area (Å²) in [5, 5.41) is 16.3. The van der Waals surface area contributed by atoms with Gasteiger partial charge in [0.1, 0.15) is 0 Å². The van der Waals surface area contributed by atoms with Crippen LogP contribution in [0.1, 0.15) is 21.6 Å². The fourth-order valence-corrected chi connectivity index (χ4v) is 4.51. The first-order valence-corrected chi connectivity index (χ1v) is 10.5. The molecule has 0 saturated heterocycles. The number of hydrogen-bond acceptors (Lipinski definition) is 3. The van der Waals surface area contributed by atoms with Crippen LogP contribution in [0.25, 0.3) is 27.4 Å². The smallest absolute Gasteiger partial charge is 0.356 e. The third kappa shape index (κ3) is 3.73. The highest BCUT2D eigenvalue weighted by Gasteiger charge is 2.24. The van der Waals surface area contributed by atoms with Crippen LogP contribution in [-0.4, -0.2) is 20.9 Å². The Labute approximate surface area is 187 Å². The topological polar surface area (TPSA) is 55.1 Å². The van der Waals surface area contributed by atoms with E-state index in [4.69, 9.17) is 29.6 Å². The number of carbonyl (C=O) groups is 1. The van der Waals surface area contributed by atoms with Gasteiger partial charge in [-0.05, 0) is 53.8 Å². The number of thiophene rings is 1. The Kier molecular flexibility index (Phi) is 5.40. The van der Waals surface area contributed by atoms with E-state index in [1.807, 2.05) is 5.38 Å². The van der Waals surface area contributed by atoms with Crippen LogP contribution in [0.3, 0.4) is 0 Å². The van der Waals surface area contributed by atoms with E-state index in [9.17, 15) is 9.90 Å². The monoisotopic (exact) mass is 452 g/mol. The van der Waals surface area contributed by atoms with Crippen molar-refractivity contribution < 1.29 is 9.90 Å². The standard InChI is InChI=1S/C17H10Cl2N2O2S.C6H4/c1-3-10-6-7-24-16(10)15-9(2)14(17(22)23)20-21(15)13-5-4-11(18)8-12(13)19;1-2-5-4-6(5)3-1/h1,4-8H,2H3,(H,22,23);1-4H. The van der Waals surface area contributed by atoms with Crippen LogP contribution in [0.15, 0.2) is 53.9 Å². The third-order valence-electron chi connectivity index (χ3n) is 4.61. The van der Waals surface area contributed by atoms with E-state index in [-0.39, 0.29) is 5.69 Å². The molecule has 30 heavy (non-hydrogen) atoms. The first-order chi connectivity index (χ1) is 14.4. The molecule has 0 saturated carbocycles. The molecule has 148 valence electrons. The average molecular weight is 453 g/mol. The average Bonchev–Trinajstić information content (AvgIpc) is 3.06. The molecule has 2 aromatic heterocycles. The van der Waals surface area contributed by atoms with Gasteiger partial charge < -0.3 is 5.11 Å². The zero-order valence-corrected chi connectivity index (χ0v) is 18.0. The van der Waals surface area contributed by atoms with Crippen LogP contribution in [-0.2, 0) is 0 Å². The van der Waals surface area contributed by atoms with Crippen LogP contribution in [0.2, 0.25) is 10.0 Å². The Balaban J connectivity index is 0.000000305. The highest BCUT2D eigenvalue weighted by Crippen LogP contribution is 2.37. The minimum atomic E-state index is -1.11. The van der Waals surface area contributed by atoms with Gasteiger partial charge in [0.25, 0.3) is 0 Å². The Morgan fingerprint density at radius 3 is 2.43 bits per heavy atom. The normalized spacial score (nSPS) is 10.7. The lowest BCUT2D eigenvalue weighted by molar-refractivity contribution is 0.0689. The number of rotatable bonds is 3. The molecule has 0 bridgehead atoms. The van der Waals surface area contributed by atoms with E-state index < -0.39 is 5.97 Å². The molecule has 7 heteroatoms. The number of carboxylic acid groups (broad SMARTS) is 1. The Morgan fingerprint density at radius 2 is 1.90 bits per heavy atom. The van der Waals surface area contributed by atoms with Crippen LogP contribution in [0.4, 0.5) is 0 Å². The van der Waals surface area contributed by atoms with Crippen molar-refractivity contribution in [1.82, 2.24) is 9.78 Å². The maximum atomic E-state index is 11.5. The van der Waals surface area contributed by atoms with Crippen molar-refractivity contribution >= 4 is 40.5 Å². The molecule has 3 aromatic rings. The number of nitrogens with zero attached hydrogens (tertiary/aromatic N) is 2. The van der Waals surface area contributed by atoms with Gasteiger partial charge in [-0.15, -0.1) is 17.8 Å². The second kappa shape index (κ2) is 8.00. The second-order valence-electron chi connectivity index (χ2n) is 6.52. The molecule has 2 heterocycles. The summed E-state index contributed by atoms with van der Waals surface area (Å²) in [5.41, 5.74) is 5.14. The molecule has 1 N–H and O–H groups in total. The Hall–Kier alpha value is -3.04. The van der Waals surface area contributed by atoms with Crippen molar-refractivity contribution in [1.29, 1.82) is 0 Å². The molecule has 1 aromatic carbocycles. The summed E-state index contributed by atoms with van der Waals surface area (Å²) in [6.07, 6.45) is 5.55. The number of halogens is 2. The highest BCUT2D eigenvalue weighted by atomic mass is 35.5. The van der Waals surface area contributed by atoms with Gasteiger partial charge in [0.05, 0.1) is 21.3 Å². The van der Waals surface area contributed by atoms with E-state index >= 15 is 0 Å². The van der Waals surface area contributed by atoms with Gasteiger partial charge in [-0.1, -0.05) is 47.3 Å². The lowest BCUT2D eigenvalue weighted by atomic mass is 10.1. The zero-order chi connectivity index (χ0) is 21.4. The molecule has 2 aliphatic carbocycles. The fraction of sp³-hybridized carbons (Fsp3) is 0.0435. The SMILES string of the molecule is C#Cc1ccsc1-c1c(C)c(C(=O)O)nn1-c1ccc(Cl)cc1Cl.c1cc2cc-2c1. The largest absolute Gasteiger partial charge is 0.476 e. The first-order valence-electron chi connectivity index (χ1n) is 8.84. The summed E-state index contributed by atoms with van der Waals surface area (Å²) in [6.45, 7) is 1.70. The summed E-state index contributed by atoms with van der Waals surface area (Å²) in [6, 6.07) is 15.2. The molecule has 4 nitrogen and oxygen atoms in total. The number of fused-ring (bicyclic) bond motifs is 1. The van der Waals surface area contributed by atoms with E-state index in [1.165, 1.54) is 27.1 Å². The molecule has 0 fully saturated rings. The molecule has 0 radical (unpaired) electrons. The predicted octanol–water partition coefficient (Wildman–Crippen LogP) is 6.56. The quantitative estimate of drug-likeness (QED) is 0.315. The number of hydrogen-bond donors (Lipinski definition) is 1. The Morgan fingerprint density at radius 1 is 1.17 bits per heavy atom. The number of benzene rings is 2. The van der Waals surface area contributed by atoms with Crippen molar-refractivity contribution in [2.24, 2.45) is 0 Å². The summed E-state index contributed by atoms with van der Waals surface area (Å²) >= 11 is 13.6. The van der Waals surface area contributed by atoms with E-state index in [2.05, 4.69) is 35.3 Å². The summed E-state index contributed by atoms with van der Waals surface area (Å²) in [4.78, 5) is 12.3. The molecular formula is C23H14Cl2N2O2S. The van der Waals surface area contributed by atoms with E-state index in [0.29, 0.717) is 32.6 Å². The summed E-state index contributed by atoms with van der Waals surface area (Å²) in [5.74, 6) is 1.50. The molecule has 5 rings (SSSR count). The van der Waals surface area contributed by atoms with Crippen molar-refractivity contribution in [2.75, 3.05) is 0 Å². The van der Waals surface area contributed by atoms with Gasteiger partial charge in [0.2, 0.25) is 0 Å². The number of aromatic carboxylic acids is 1. The van der Waals surface area contributed by atoms with Gasteiger partial charge in [0, 0.05) is 16.1 Å². The van der Waals surface area contributed by atoms with Crippen LogP contribution in [0.5, 0.6) is 0 Å². The lowest BCUT2D eigenvalue weighted by Crippen LogP contribution is -2.03. The molecular weight excluding hydrogens is 439 g/mol. The van der Waals surface area contributed by atoms with E-state index in [1.54, 1.807) is 31.2 Å². The minimum absolute atomic E-state index is 0.0487. The van der Waals surface area contributed by atoms with E-state index in [0.717, 1.165) is 4.88 Å². The van der Waals surface area contributed by atoms with Gasteiger partial charge in [-0.25, -0.2) is 9.48 Å². The van der Waals surface area contributed by atoms with Crippen molar-refractivity contribution in [3.8, 4) is 39.7 Å². The maximum Gasteiger partial charge on any atom is 0.356 e. The maximum absolute atomic E-state index is 11.5. The molecule has 0 spiro atoms. The van der Waals surface area contributed by atoms with Crippen LogP contribution in [0, 0.1) is 19.3 Å².